The Hall–Kier alpha value is -2.56. The molecule has 32 heavy (non-hydrogen) atoms. The SMILES string of the molecule is CC(C)C[C@H](NC(=O)[C@H](Cc1cnc[nH]1)NC(=O)[C@H]1CCCN1C(=O)C(C)CS)C(=O)O. The van der Waals surface area contributed by atoms with E-state index in [0.29, 0.717) is 30.8 Å². The monoisotopic (exact) mass is 467 g/mol. The van der Waals surface area contributed by atoms with Crippen molar-refractivity contribution in [2.75, 3.05) is 12.3 Å². The van der Waals surface area contributed by atoms with E-state index in [4.69, 9.17) is 0 Å². The third kappa shape index (κ3) is 6.98. The number of aliphatic carboxylic acids is 1. The van der Waals surface area contributed by atoms with Crippen molar-refractivity contribution in [2.24, 2.45) is 11.8 Å². The maximum Gasteiger partial charge on any atom is 0.326 e. The molecular formula is C21H33N5O5S. The Balaban J connectivity index is 2.15. The third-order valence-electron chi connectivity index (χ3n) is 5.47. The number of nitrogens with one attached hydrogen (secondary N) is 3. The topological polar surface area (TPSA) is 144 Å². The third-order valence-corrected chi connectivity index (χ3v) is 6.02. The summed E-state index contributed by atoms with van der Waals surface area (Å²) in [5, 5.41) is 14.7. The zero-order chi connectivity index (χ0) is 23.8. The van der Waals surface area contributed by atoms with Gasteiger partial charge in [0.2, 0.25) is 17.7 Å². The molecule has 0 spiro atoms. The molecule has 1 aliphatic heterocycles. The predicted octanol–water partition coefficient (Wildman–Crippen LogP) is 0.609. The quantitative estimate of drug-likeness (QED) is 0.302. The van der Waals surface area contributed by atoms with E-state index in [0.717, 1.165) is 0 Å². The van der Waals surface area contributed by atoms with Crippen molar-refractivity contribution in [3.05, 3.63) is 18.2 Å². The van der Waals surface area contributed by atoms with Gasteiger partial charge in [-0.1, -0.05) is 20.8 Å². The first kappa shape index (κ1) is 25.7. The van der Waals surface area contributed by atoms with Crippen molar-refractivity contribution in [1.29, 1.82) is 0 Å². The van der Waals surface area contributed by atoms with E-state index in [1.807, 2.05) is 13.8 Å². The lowest BCUT2D eigenvalue weighted by Crippen LogP contribution is -2.56. The number of hydrogen-bond donors (Lipinski definition) is 5. The van der Waals surface area contributed by atoms with Crippen LogP contribution in [0.5, 0.6) is 0 Å². The van der Waals surface area contributed by atoms with Gasteiger partial charge in [-0.25, -0.2) is 9.78 Å². The van der Waals surface area contributed by atoms with Gasteiger partial charge in [-0.2, -0.15) is 12.6 Å². The second-order valence-corrected chi connectivity index (χ2v) is 9.01. The van der Waals surface area contributed by atoms with E-state index in [-0.39, 0.29) is 30.6 Å². The van der Waals surface area contributed by atoms with Crippen LogP contribution in [0, 0.1) is 11.8 Å². The smallest absolute Gasteiger partial charge is 0.326 e. The molecule has 1 fully saturated rings. The minimum atomic E-state index is -1.13. The van der Waals surface area contributed by atoms with Crippen molar-refractivity contribution in [3.63, 3.8) is 0 Å². The number of carbonyl (C=O) groups is 4. The molecule has 10 nitrogen and oxygen atoms in total. The molecule has 3 amide bonds. The van der Waals surface area contributed by atoms with Gasteiger partial charge in [0.25, 0.3) is 0 Å². The second kappa shape index (κ2) is 11.9. The minimum Gasteiger partial charge on any atom is -0.480 e. The summed E-state index contributed by atoms with van der Waals surface area (Å²) in [5.41, 5.74) is 0.615. The van der Waals surface area contributed by atoms with Crippen molar-refractivity contribution in [3.8, 4) is 0 Å². The summed E-state index contributed by atoms with van der Waals surface area (Å²) in [7, 11) is 0. The number of carboxylic acids is 1. The second-order valence-electron chi connectivity index (χ2n) is 8.64. The maximum atomic E-state index is 13.1. The Morgan fingerprint density at radius 2 is 1.97 bits per heavy atom. The van der Waals surface area contributed by atoms with Crippen LogP contribution >= 0.6 is 12.6 Å². The highest BCUT2D eigenvalue weighted by molar-refractivity contribution is 7.80. The summed E-state index contributed by atoms with van der Waals surface area (Å²) in [6, 6.07) is -2.76. The van der Waals surface area contributed by atoms with Crippen molar-refractivity contribution in [2.45, 2.75) is 64.6 Å². The van der Waals surface area contributed by atoms with Gasteiger partial charge < -0.3 is 25.6 Å². The summed E-state index contributed by atoms with van der Waals surface area (Å²) in [4.78, 5) is 58.6. The molecule has 0 aromatic carbocycles. The highest BCUT2D eigenvalue weighted by Crippen LogP contribution is 2.21. The summed E-state index contributed by atoms with van der Waals surface area (Å²) < 4.78 is 0. The first-order chi connectivity index (χ1) is 15.1. The van der Waals surface area contributed by atoms with Gasteiger partial charge in [0, 0.05) is 36.5 Å². The molecule has 0 radical (unpaired) electrons. The number of hydrogen-bond acceptors (Lipinski definition) is 6. The minimum absolute atomic E-state index is 0.0592. The Morgan fingerprint density at radius 3 is 2.53 bits per heavy atom. The summed E-state index contributed by atoms with van der Waals surface area (Å²) in [6.45, 7) is 5.97. The normalized spacial score (nSPS) is 18.8. The molecule has 1 aliphatic rings. The van der Waals surface area contributed by atoms with Crippen molar-refractivity contribution in [1.82, 2.24) is 25.5 Å². The predicted molar refractivity (Wildman–Crippen MR) is 121 cm³/mol. The average molecular weight is 468 g/mol. The van der Waals surface area contributed by atoms with Crippen LogP contribution in [0.4, 0.5) is 0 Å². The molecule has 0 aliphatic carbocycles. The molecule has 4 N–H and O–H groups in total. The highest BCUT2D eigenvalue weighted by Gasteiger charge is 2.37. The van der Waals surface area contributed by atoms with Crippen LogP contribution in [-0.4, -0.2) is 74.1 Å². The first-order valence-corrected chi connectivity index (χ1v) is 11.5. The number of aromatic nitrogens is 2. The van der Waals surface area contributed by atoms with Gasteiger partial charge in [0.1, 0.15) is 18.1 Å². The highest BCUT2D eigenvalue weighted by atomic mass is 32.1. The van der Waals surface area contributed by atoms with Crippen LogP contribution < -0.4 is 10.6 Å². The molecular weight excluding hydrogens is 434 g/mol. The van der Waals surface area contributed by atoms with Gasteiger partial charge >= 0.3 is 5.97 Å². The number of thiol groups is 1. The van der Waals surface area contributed by atoms with E-state index in [9.17, 15) is 24.3 Å². The number of imidazole rings is 1. The van der Waals surface area contributed by atoms with Crippen LogP contribution in [0.2, 0.25) is 0 Å². The summed E-state index contributed by atoms with van der Waals surface area (Å²) in [5.74, 6) is -2.19. The summed E-state index contributed by atoms with van der Waals surface area (Å²) in [6.07, 6.45) is 4.56. The molecule has 2 heterocycles. The number of rotatable bonds is 11. The fraction of sp³-hybridized carbons (Fsp3) is 0.667. The molecule has 1 unspecified atom stereocenters. The number of amides is 3. The van der Waals surface area contributed by atoms with Gasteiger partial charge in [0.05, 0.1) is 6.33 Å². The standard InChI is InChI=1S/C21H33N5O5S/c1-12(2)7-16(21(30)31)25-18(27)15(8-14-9-22-11-23-14)24-19(28)17-5-4-6-26(17)20(29)13(3)10-32/h9,11-13,15-17,32H,4-8,10H2,1-3H3,(H,22,23)(H,24,28)(H,25,27)(H,30,31)/t13?,15-,16-,17+/m0/s1. The average Bonchev–Trinajstić information content (AvgIpc) is 3.43. The van der Waals surface area contributed by atoms with Crippen LogP contribution in [0.1, 0.15) is 45.7 Å². The van der Waals surface area contributed by atoms with Gasteiger partial charge in [-0.3, -0.25) is 14.4 Å². The fourth-order valence-corrected chi connectivity index (χ4v) is 3.88. The fourth-order valence-electron chi connectivity index (χ4n) is 3.72. The molecule has 0 saturated carbocycles. The zero-order valence-electron chi connectivity index (χ0n) is 18.7. The van der Waals surface area contributed by atoms with Crippen molar-refractivity contribution >= 4 is 36.3 Å². The summed E-state index contributed by atoms with van der Waals surface area (Å²) >= 11 is 4.17. The van der Waals surface area contributed by atoms with E-state index in [2.05, 4.69) is 33.2 Å². The number of H-pyrrole nitrogens is 1. The molecule has 4 atom stereocenters. The molecule has 1 aromatic heterocycles. The Bertz CT molecular complexity index is 801. The van der Waals surface area contributed by atoms with Gasteiger partial charge in [-0.15, -0.1) is 0 Å². The molecule has 11 heteroatoms. The Labute approximate surface area is 193 Å². The number of likely N-dealkylation sites (tertiary alicyclic amines) is 1. The maximum absolute atomic E-state index is 13.1. The van der Waals surface area contributed by atoms with Gasteiger partial charge in [-0.05, 0) is 25.2 Å². The van der Waals surface area contributed by atoms with Gasteiger partial charge in [0.15, 0.2) is 0 Å². The number of carboxylic acid groups (broad SMARTS) is 1. The van der Waals surface area contributed by atoms with E-state index < -0.39 is 35.9 Å². The lowest BCUT2D eigenvalue weighted by molar-refractivity contribution is -0.143. The largest absolute Gasteiger partial charge is 0.480 e. The lowest BCUT2D eigenvalue weighted by Gasteiger charge is -2.28. The number of carbonyl (C=O) groups excluding carboxylic acids is 3. The lowest BCUT2D eigenvalue weighted by atomic mass is 10.0. The number of aromatic amines is 1. The molecule has 0 bridgehead atoms. The van der Waals surface area contributed by atoms with E-state index in [1.165, 1.54) is 12.5 Å². The van der Waals surface area contributed by atoms with Crippen LogP contribution in [0.3, 0.4) is 0 Å². The Morgan fingerprint density at radius 1 is 1.25 bits per heavy atom. The van der Waals surface area contributed by atoms with E-state index in [1.54, 1.807) is 11.8 Å². The number of nitrogens with zero attached hydrogens (tertiary/aromatic N) is 2. The van der Waals surface area contributed by atoms with Crippen LogP contribution in [0.25, 0.3) is 0 Å². The van der Waals surface area contributed by atoms with Crippen LogP contribution in [0.15, 0.2) is 12.5 Å². The molecule has 2 rings (SSSR count). The molecule has 1 saturated heterocycles. The zero-order valence-corrected chi connectivity index (χ0v) is 19.6. The Kier molecular flexibility index (Phi) is 9.55. The van der Waals surface area contributed by atoms with Crippen LogP contribution in [-0.2, 0) is 25.6 Å². The first-order valence-electron chi connectivity index (χ1n) is 10.9. The molecule has 178 valence electrons. The van der Waals surface area contributed by atoms with Crippen molar-refractivity contribution < 1.29 is 24.3 Å². The molecule has 1 aromatic rings. The van der Waals surface area contributed by atoms with E-state index >= 15 is 0 Å².